The maximum Gasteiger partial charge on any atom is 0.254 e. The van der Waals surface area contributed by atoms with E-state index in [-0.39, 0.29) is 40.6 Å². The zero-order valence-electron chi connectivity index (χ0n) is 18.3. The minimum Gasteiger partial charge on any atom is -0.454 e. The second kappa shape index (κ2) is 10.6. The van der Waals surface area contributed by atoms with Crippen molar-refractivity contribution in [3.63, 3.8) is 0 Å². The number of rotatable bonds is 7. The summed E-state index contributed by atoms with van der Waals surface area (Å²) in [5, 5.41) is 0. The number of hydrogen-bond donors (Lipinski definition) is 3. The van der Waals surface area contributed by atoms with Crippen molar-refractivity contribution >= 4 is 23.3 Å². The van der Waals surface area contributed by atoms with Crippen LogP contribution in [0.1, 0.15) is 18.4 Å². The molecule has 6 N–H and O–H groups in total. The Labute approximate surface area is 195 Å². The van der Waals surface area contributed by atoms with Crippen molar-refractivity contribution in [2.75, 3.05) is 13.1 Å². The van der Waals surface area contributed by atoms with Crippen LogP contribution in [0.2, 0.25) is 0 Å². The third kappa shape index (κ3) is 5.77. The molecule has 2 aromatic carbocycles. The van der Waals surface area contributed by atoms with Crippen molar-refractivity contribution < 1.29 is 23.1 Å². The molecule has 8 nitrogen and oxygen atoms in total. The fourth-order valence-corrected chi connectivity index (χ4v) is 3.58. The van der Waals surface area contributed by atoms with E-state index in [0.29, 0.717) is 31.1 Å². The van der Waals surface area contributed by atoms with Crippen molar-refractivity contribution in [1.29, 1.82) is 0 Å². The van der Waals surface area contributed by atoms with E-state index in [9.17, 15) is 18.4 Å². The molecule has 0 unspecified atom stereocenters. The number of nitrogens with zero attached hydrogens (tertiary/aromatic N) is 2. The number of benzene rings is 2. The number of primary amides is 1. The van der Waals surface area contributed by atoms with E-state index in [4.69, 9.17) is 21.9 Å². The van der Waals surface area contributed by atoms with Crippen LogP contribution in [-0.4, -0.2) is 41.7 Å². The van der Waals surface area contributed by atoms with Gasteiger partial charge in [-0.2, -0.15) is 0 Å². The Morgan fingerprint density at radius 1 is 1.12 bits per heavy atom. The third-order valence-corrected chi connectivity index (χ3v) is 5.26. The molecular formula is C24H25F2N5O3. The van der Waals surface area contributed by atoms with Crippen molar-refractivity contribution in [3.8, 4) is 11.5 Å². The number of hydrogen-bond acceptors (Lipinski definition) is 5. The van der Waals surface area contributed by atoms with Gasteiger partial charge in [0.25, 0.3) is 5.91 Å². The molecule has 10 heteroatoms. The summed E-state index contributed by atoms with van der Waals surface area (Å²) < 4.78 is 32.3. The molecule has 2 amide bonds. The predicted molar refractivity (Wildman–Crippen MR) is 125 cm³/mol. The summed E-state index contributed by atoms with van der Waals surface area (Å²) in [6.07, 6.45) is 2.64. The maximum atomic E-state index is 13.8. The first kappa shape index (κ1) is 24.4. The van der Waals surface area contributed by atoms with Crippen LogP contribution in [0.15, 0.2) is 65.7 Å². The number of carbonyl (C=O) groups is 2. The van der Waals surface area contributed by atoms with Gasteiger partial charge in [-0.3, -0.25) is 14.6 Å². The SMILES string of the molecule is C=CC(=O)N1CCC[C@@H](N=C(N)C(C(N)=O)=C(N)c2ccc(Oc3ccc(F)cc3F)cc2)C1. The molecule has 0 saturated carbocycles. The van der Waals surface area contributed by atoms with Gasteiger partial charge < -0.3 is 26.8 Å². The number of halogens is 2. The number of piperidine rings is 1. The molecule has 1 fully saturated rings. The highest BCUT2D eigenvalue weighted by Crippen LogP contribution is 2.26. The summed E-state index contributed by atoms with van der Waals surface area (Å²) in [6.45, 7) is 4.42. The summed E-state index contributed by atoms with van der Waals surface area (Å²) in [4.78, 5) is 30.0. The lowest BCUT2D eigenvalue weighted by atomic mass is 10.0. The minimum absolute atomic E-state index is 0.00287. The predicted octanol–water partition coefficient (Wildman–Crippen LogP) is 2.45. The molecule has 34 heavy (non-hydrogen) atoms. The van der Waals surface area contributed by atoms with Crippen molar-refractivity contribution in [2.45, 2.75) is 18.9 Å². The average Bonchev–Trinajstić information content (AvgIpc) is 2.80. The van der Waals surface area contributed by atoms with Crippen LogP contribution in [0.4, 0.5) is 8.78 Å². The lowest BCUT2D eigenvalue weighted by Crippen LogP contribution is -2.42. The number of ether oxygens (including phenoxy) is 1. The number of amidine groups is 1. The smallest absolute Gasteiger partial charge is 0.254 e. The Morgan fingerprint density at radius 3 is 2.44 bits per heavy atom. The maximum absolute atomic E-state index is 13.8. The first-order valence-corrected chi connectivity index (χ1v) is 10.5. The van der Waals surface area contributed by atoms with E-state index in [0.717, 1.165) is 12.5 Å². The Hall–Kier alpha value is -4.21. The number of likely N-dealkylation sites (tertiary alicyclic amines) is 1. The first-order valence-electron chi connectivity index (χ1n) is 10.5. The second-order valence-electron chi connectivity index (χ2n) is 7.65. The highest BCUT2D eigenvalue weighted by Gasteiger charge is 2.24. The van der Waals surface area contributed by atoms with Gasteiger partial charge >= 0.3 is 0 Å². The van der Waals surface area contributed by atoms with E-state index in [1.165, 1.54) is 36.4 Å². The number of aliphatic imine (C=N–C) groups is 1. The Balaban J connectivity index is 1.82. The zero-order valence-corrected chi connectivity index (χ0v) is 18.3. The first-order chi connectivity index (χ1) is 16.2. The monoisotopic (exact) mass is 469 g/mol. The highest BCUT2D eigenvalue weighted by atomic mass is 19.1. The van der Waals surface area contributed by atoms with E-state index >= 15 is 0 Å². The molecule has 3 rings (SSSR count). The van der Waals surface area contributed by atoms with E-state index < -0.39 is 17.5 Å². The second-order valence-corrected chi connectivity index (χ2v) is 7.65. The van der Waals surface area contributed by atoms with Gasteiger partial charge in [0.1, 0.15) is 23.0 Å². The van der Waals surface area contributed by atoms with Crippen LogP contribution in [-0.2, 0) is 9.59 Å². The standard InChI is InChI=1S/C24H25F2N5O3/c1-2-20(32)31-11-3-4-16(13-31)30-23(28)21(24(29)33)22(27)14-5-8-17(9-6-14)34-19-10-7-15(25)12-18(19)26/h2,5-10,12,16H,1,3-4,11,13,27H2,(H2,28,30)(H2,29,33)/t16-/m1/s1. The lowest BCUT2D eigenvalue weighted by molar-refractivity contribution is -0.127. The number of amides is 2. The normalized spacial score (nSPS) is 17.1. The van der Waals surface area contributed by atoms with Gasteiger partial charge in [0, 0.05) is 19.2 Å². The van der Waals surface area contributed by atoms with Gasteiger partial charge in [0.15, 0.2) is 11.6 Å². The summed E-state index contributed by atoms with van der Waals surface area (Å²) in [5.41, 5.74) is 18.1. The average molecular weight is 469 g/mol. The number of nitrogens with two attached hydrogens (primary N) is 3. The zero-order chi connectivity index (χ0) is 24.8. The minimum atomic E-state index is -0.859. The molecule has 1 heterocycles. The Morgan fingerprint density at radius 2 is 1.82 bits per heavy atom. The third-order valence-electron chi connectivity index (χ3n) is 5.26. The molecule has 0 aromatic heterocycles. The van der Waals surface area contributed by atoms with Crippen LogP contribution in [0, 0.1) is 11.6 Å². The largest absolute Gasteiger partial charge is 0.454 e. The van der Waals surface area contributed by atoms with Crippen LogP contribution < -0.4 is 21.9 Å². The molecule has 0 spiro atoms. The van der Waals surface area contributed by atoms with Crippen molar-refractivity contribution in [2.24, 2.45) is 22.2 Å². The molecule has 0 radical (unpaired) electrons. The summed E-state index contributed by atoms with van der Waals surface area (Å²) >= 11 is 0. The lowest BCUT2D eigenvalue weighted by Gasteiger charge is -2.30. The number of carbonyl (C=O) groups excluding carboxylic acids is 2. The fraction of sp³-hybridized carbons (Fsp3) is 0.208. The molecule has 1 aliphatic heterocycles. The van der Waals surface area contributed by atoms with Gasteiger partial charge in [-0.15, -0.1) is 0 Å². The van der Waals surface area contributed by atoms with E-state index in [2.05, 4.69) is 11.6 Å². The van der Waals surface area contributed by atoms with Gasteiger partial charge in [0.2, 0.25) is 5.91 Å². The van der Waals surface area contributed by atoms with Gasteiger partial charge in [-0.1, -0.05) is 6.58 Å². The molecule has 178 valence electrons. The van der Waals surface area contributed by atoms with Gasteiger partial charge in [0.05, 0.1) is 11.7 Å². The molecule has 1 aliphatic rings. The van der Waals surface area contributed by atoms with Crippen LogP contribution >= 0.6 is 0 Å². The van der Waals surface area contributed by atoms with Crippen LogP contribution in [0.5, 0.6) is 11.5 Å². The molecule has 1 saturated heterocycles. The fourth-order valence-electron chi connectivity index (χ4n) is 3.58. The van der Waals surface area contributed by atoms with Crippen molar-refractivity contribution in [1.82, 2.24) is 4.90 Å². The Bertz CT molecular complexity index is 1160. The molecule has 2 aromatic rings. The Kier molecular flexibility index (Phi) is 7.62. The van der Waals surface area contributed by atoms with Crippen LogP contribution in [0.3, 0.4) is 0 Å². The molecule has 1 atom stereocenters. The van der Waals surface area contributed by atoms with Crippen molar-refractivity contribution in [3.05, 3.63) is 77.9 Å². The van der Waals surface area contributed by atoms with E-state index in [1.54, 1.807) is 4.90 Å². The molecule has 0 aliphatic carbocycles. The van der Waals surface area contributed by atoms with Gasteiger partial charge in [-0.05, 0) is 60.9 Å². The summed E-state index contributed by atoms with van der Waals surface area (Å²) in [5.74, 6) is -2.64. The molecule has 0 bridgehead atoms. The van der Waals surface area contributed by atoms with Crippen LogP contribution in [0.25, 0.3) is 5.70 Å². The van der Waals surface area contributed by atoms with Gasteiger partial charge in [-0.25, -0.2) is 8.78 Å². The molecular weight excluding hydrogens is 444 g/mol. The highest BCUT2D eigenvalue weighted by molar-refractivity contribution is 6.24. The van der Waals surface area contributed by atoms with E-state index in [1.807, 2.05) is 0 Å². The summed E-state index contributed by atoms with van der Waals surface area (Å²) in [6, 6.07) is 8.71. The topological polar surface area (TPSA) is 137 Å². The quantitative estimate of drug-likeness (QED) is 0.325. The summed E-state index contributed by atoms with van der Waals surface area (Å²) in [7, 11) is 0.